The Hall–Kier alpha value is -2.93. The molecule has 2 aromatic rings. The van der Waals surface area contributed by atoms with E-state index in [0.29, 0.717) is 37.8 Å². The van der Waals surface area contributed by atoms with Crippen molar-refractivity contribution >= 4 is 11.9 Å². The van der Waals surface area contributed by atoms with Gasteiger partial charge in [0.05, 0.1) is 0 Å². The van der Waals surface area contributed by atoms with Gasteiger partial charge in [-0.1, -0.05) is 24.3 Å². The Morgan fingerprint density at radius 3 is 2.45 bits per heavy atom. The highest BCUT2D eigenvalue weighted by Crippen LogP contribution is 2.34. The second-order valence-corrected chi connectivity index (χ2v) is 8.08. The Bertz CT molecular complexity index is 906. The molecule has 6 nitrogen and oxygen atoms in total. The highest BCUT2D eigenvalue weighted by Gasteiger charge is 2.34. The van der Waals surface area contributed by atoms with E-state index in [1.807, 2.05) is 30.3 Å². The molecular formula is C24H31FN4O2. The van der Waals surface area contributed by atoms with Crippen LogP contribution in [-0.2, 0) is 16.7 Å². The fraction of sp³-hybridized carbons (Fsp3) is 0.417. The van der Waals surface area contributed by atoms with Crippen molar-refractivity contribution in [1.82, 2.24) is 15.5 Å². The lowest BCUT2D eigenvalue weighted by molar-refractivity contribution is 0.0513. The molecule has 1 aliphatic rings. The number of carbonyl (C=O) groups is 1. The van der Waals surface area contributed by atoms with Crippen LogP contribution < -0.4 is 10.6 Å². The largest absolute Gasteiger partial charge is 0.381 e. The number of hydrogen-bond donors (Lipinski definition) is 2. The Morgan fingerprint density at radius 2 is 1.84 bits per heavy atom. The third-order valence-electron chi connectivity index (χ3n) is 5.77. The second kappa shape index (κ2) is 10.4. The summed E-state index contributed by atoms with van der Waals surface area (Å²) >= 11 is 0. The van der Waals surface area contributed by atoms with Gasteiger partial charge in [0.25, 0.3) is 5.91 Å². The number of carbonyl (C=O) groups excluding carboxylic acids is 1. The summed E-state index contributed by atoms with van der Waals surface area (Å²) in [6.07, 6.45) is 1.64. The summed E-state index contributed by atoms with van der Waals surface area (Å²) in [6.45, 7) is 2.52. The molecule has 1 fully saturated rings. The van der Waals surface area contributed by atoms with Crippen molar-refractivity contribution in [3.63, 3.8) is 0 Å². The first kappa shape index (κ1) is 22.7. The monoisotopic (exact) mass is 426 g/mol. The predicted molar refractivity (Wildman–Crippen MR) is 121 cm³/mol. The van der Waals surface area contributed by atoms with E-state index in [1.165, 1.54) is 6.07 Å². The maximum absolute atomic E-state index is 13.9. The van der Waals surface area contributed by atoms with Crippen molar-refractivity contribution in [2.75, 3.05) is 40.9 Å². The van der Waals surface area contributed by atoms with Gasteiger partial charge in [0.15, 0.2) is 5.96 Å². The molecule has 7 heteroatoms. The molecule has 1 heterocycles. The number of nitrogens with one attached hydrogen (secondary N) is 2. The normalized spacial score (nSPS) is 15.9. The van der Waals surface area contributed by atoms with Crippen LogP contribution in [0.5, 0.6) is 0 Å². The van der Waals surface area contributed by atoms with E-state index in [4.69, 9.17) is 4.74 Å². The van der Waals surface area contributed by atoms with Gasteiger partial charge >= 0.3 is 0 Å². The number of halogens is 1. The maximum atomic E-state index is 13.9. The number of aliphatic imine (C=N–C) groups is 1. The lowest BCUT2D eigenvalue weighted by Crippen LogP contribution is -2.48. The first-order chi connectivity index (χ1) is 14.9. The van der Waals surface area contributed by atoms with E-state index in [-0.39, 0.29) is 17.1 Å². The average Bonchev–Trinajstić information content (AvgIpc) is 2.79. The van der Waals surface area contributed by atoms with Gasteiger partial charge < -0.3 is 20.3 Å². The second-order valence-electron chi connectivity index (χ2n) is 8.08. The summed E-state index contributed by atoms with van der Waals surface area (Å²) < 4.78 is 19.4. The van der Waals surface area contributed by atoms with E-state index in [0.717, 1.165) is 24.0 Å². The Labute approximate surface area is 183 Å². The van der Waals surface area contributed by atoms with Gasteiger partial charge in [0.1, 0.15) is 5.82 Å². The standard InChI is InChI=1S/C24H31FN4O2/c1-26-23(27-16-18-7-9-19(10-8-18)22(30)29(2)3)28-17-24(11-13-31-14-12-24)20-5-4-6-21(25)15-20/h4-10,15H,11-14,16-17H2,1-3H3,(H2,26,27,28). The molecule has 3 rings (SSSR count). The number of hydrogen-bond acceptors (Lipinski definition) is 3. The van der Waals surface area contributed by atoms with Gasteiger partial charge in [0, 0.05) is 58.4 Å². The molecule has 166 valence electrons. The molecule has 1 aliphatic heterocycles. The van der Waals surface area contributed by atoms with Gasteiger partial charge in [-0.15, -0.1) is 0 Å². The quantitative estimate of drug-likeness (QED) is 0.551. The number of guanidine groups is 1. The van der Waals surface area contributed by atoms with E-state index in [2.05, 4.69) is 15.6 Å². The third-order valence-corrected chi connectivity index (χ3v) is 5.77. The van der Waals surface area contributed by atoms with Gasteiger partial charge in [-0.3, -0.25) is 9.79 Å². The molecule has 0 aromatic heterocycles. The molecule has 1 amide bonds. The molecule has 0 bridgehead atoms. The van der Waals surface area contributed by atoms with Crippen LogP contribution in [0.3, 0.4) is 0 Å². The van der Waals surface area contributed by atoms with Crippen molar-refractivity contribution in [2.45, 2.75) is 24.8 Å². The van der Waals surface area contributed by atoms with Crippen molar-refractivity contribution in [3.05, 3.63) is 71.0 Å². The molecule has 31 heavy (non-hydrogen) atoms. The van der Waals surface area contributed by atoms with E-state index < -0.39 is 0 Å². The Balaban J connectivity index is 1.62. The Kier molecular flexibility index (Phi) is 7.63. The fourth-order valence-corrected chi connectivity index (χ4v) is 3.83. The highest BCUT2D eigenvalue weighted by atomic mass is 19.1. The van der Waals surface area contributed by atoms with Crippen LogP contribution in [0.2, 0.25) is 0 Å². The lowest BCUT2D eigenvalue weighted by atomic mass is 9.74. The lowest BCUT2D eigenvalue weighted by Gasteiger charge is -2.38. The van der Waals surface area contributed by atoms with Crippen LogP contribution in [0.4, 0.5) is 4.39 Å². The molecule has 2 N–H and O–H groups in total. The number of benzene rings is 2. The highest BCUT2D eigenvalue weighted by molar-refractivity contribution is 5.93. The topological polar surface area (TPSA) is 66.0 Å². The summed E-state index contributed by atoms with van der Waals surface area (Å²) in [6, 6.07) is 14.4. The van der Waals surface area contributed by atoms with Crippen molar-refractivity contribution in [3.8, 4) is 0 Å². The summed E-state index contributed by atoms with van der Waals surface area (Å²) in [5, 5.41) is 6.73. The van der Waals surface area contributed by atoms with Crippen LogP contribution in [0, 0.1) is 5.82 Å². The van der Waals surface area contributed by atoms with Crippen molar-refractivity contribution in [2.24, 2.45) is 4.99 Å². The molecule has 0 radical (unpaired) electrons. The zero-order chi connectivity index (χ0) is 22.3. The fourth-order valence-electron chi connectivity index (χ4n) is 3.83. The molecule has 0 aliphatic carbocycles. The van der Waals surface area contributed by atoms with E-state index >= 15 is 0 Å². The van der Waals surface area contributed by atoms with Crippen LogP contribution >= 0.6 is 0 Å². The molecule has 1 saturated heterocycles. The van der Waals surface area contributed by atoms with Gasteiger partial charge in [-0.25, -0.2) is 4.39 Å². The minimum atomic E-state index is -0.220. The summed E-state index contributed by atoms with van der Waals surface area (Å²) in [5.41, 5.74) is 2.49. The SMILES string of the molecule is CN=C(NCc1ccc(C(=O)N(C)C)cc1)NCC1(c2cccc(F)c2)CCOCC1. The summed E-state index contributed by atoms with van der Waals surface area (Å²) in [4.78, 5) is 17.9. The predicted octanol–water partition coefficient (Wildman–Crippen LogP) is 2.94. The zero-order valence-corrected chi connectivity index (χ0v) is 18.5. The van der Waals surface area contributed by atoms with Crippen LogP contribution in [-0.4, -0.2) is 57.7 Å². The molecule has 0 atom stereocenters. The number of rotatable bonds is 6. The number of ether oxygens (including phenoxy) is 1. The first-order valence-corrected chi connectivity index (χ1v) is 10.5. The minimum absolute atomic E-state index is 0.0175. The molecule has 2 aromatic carbocycles. The van der Waals surface area contributed by atoms with Crippen molar-refractivity contribution in [1.29, 1.82) is 0 Å². The average molecular weight is 427 g/mol. The number of amides is 1. The van der Waals surface area contributed by atoms with Gasteiger partial charge in [-0.05, 0) is 48.2 Å². The zero-order valence-electron chi connectivity index (χ0n) is 18.5. The van der Waals surface area contributed by atoms with Gasteiger partial charge in [-0.2, -0.15) is 0 Å². The third kappa shape index (κ3) is 5.82. The van der Waals surface area contributed by atoms with Gasteiger partial charge in [0.2, 0.25) is 0 Å². The number of nitrogens with zero attached hydrogens (tertiary/aromatic N) is 2. The summed E-state index contributed by atoms with van der Waals surface area (Å²) in [5.74, 6) is 0.439. The molecule has 0 unspecified atom stereocenters. The maximum Gasteiger partial charge on any atom is 0.253 e. The molecule has 0 spiro atoms. The van der Waals surface area contributed by atoms with Crippen molar-refractivity contribution < 1.29 is 13.9 Å². The molecule has 0 saturated carbocycles. The minimum Gasteiger partial charge on any atom is -0.381 e. The van der Waals surface area contributed by atoms with E-state index in [1.54, 1.807) is 38.2 Å². The van der Waals surface area contributed by atoms with E-state index in [9.17, 15) is 9.18 Å². The summed E-state index contributed by atoms with van der Waals surface area (Å²) in [7, 11) is 5.21. The first-order valence-electron chi connectivity index (χ1n) is 10.5. The van der Waals surface area contributed by atoms with Crippen LogP contribution in [0.25, 0.3) is 0 Å². The smallest absolute Gasteiger partial charge is 0.253 e. The van der Waals surface area contributed by atoms with Crippen LogP contribution in [0.1, 0.15) is 34.3 Å². The Morgan fingerprint density at radius 1 is 1.13 bits per heavy atom. The molecular weight excluding hydrogens is 395 g/mol. The van der Waals surface area contributed by atoms with Crippen LogP contribution in [0.15, 0.2) is 53.5 Å².